The third-order valence-corrected chi connectivity index (χ3v) is 1.39. The van der Waals surface area contributed by atoms with E-state index in [-0.39, 0.29) is 5.96 Å². The smallest absolute Gasteiger partial charge is 0.191 e. The summed E-state index contributed by atoms with van der Waals surface area (Å²) in [6.07, 6.45) is 0. The molecular formula is C8H12N4. The van der Waals surface area contributed by atoms with E-state index in [0.29, 0.717) is 0 Å². The first kappa shape index (κ1) is 8.39. The number of nitrogens with two attached hydrogens (primary N) is 2. The van der Waals surface area contributed by atoms with Crippen molar-refractivity contribution in [2.45, 2.75) is 0 Å². The van der Waals surface area contributed by atoms with Gasteiger partial charge < -0.3 is 16.8 Å². The van der Waals surface area contributed by atoms with Crippen molar-refractivity contribution in [3.8, 4) is 0 Å². The van der Waals surface area contributed by atoms with Gasteiger partial charge in [0.05, 0.1) is 5.69 Å². The predicted octanol–water partition coefficient (Wildman–Crippen LogP) is 0.633. The van der Waals surface area contributed by atoms with E-state index in [1.54, 1.807) is 0 Å². The van der Waals surface area contributed by atoms with Gasteiger partial charge in [0.25, 0.3) is 0 Å². The van der Waals surface area contributed by atoms with E-state index in [2.05, 4.69) is 10.3 Å². The highest BCUT2D eigenvalue weighted by Gasteiger charge is 1.91. The van der Waals surface area contributed by atoms with E-state index < -0.39 is 0 Å². The summed E-state index contributed by atoms with van der Waals surface area (Å²) in [6, 6.07) is 7.51. The minimum absolute atomic E-state index is 0.0725. The van der Waals surface area contributed by atoms with Crippen LogP contribution in [0.25, 0.3) is 0 Å². The maximum Gasteiger partial charge on any atom is 0.191 e. The summed E-state index contributed by atoms with van der Waals surface area (Å²) < 4.78 is 0. The second kappa shape index (κ2) is 3.61. The quantitative estimate of drug-likeness (QED) is 0.443. The van der Waals surface area contributed by atoms with Gasteiger partial charge in [-0.25, -0.2) is 4.99 Å². The number of benzene rings is 1. The molecule has 0 fully saturated rings. The van der Waals surface area contributed by atoms with Crippen molar-refractivity contribution >= 4 is 17.3 Å². The number of nitrogens with one attached hydrogen (secondary N) is 1. The Morgan fingerprint density at radius 2 is 2.17 bits per heavy atom. The van der Waals surface area contributed by atoms with Crippen LogP contribution in [0.4, 0.5) is 11.4 Å². The summed E-state index contributed by atoms with van der Waals surface area (Å²) in [6.45, 7) is 0. The highest BCUT2D eigenvalue weighted by molar-refractivity contribution is 5.79. The summed E-state index contributed by atoms with van der Waals surface area (Å²) >= 11 is 0. The fourth-order valence-corrected chi connectivity index (χ4v) is 0.880. The van der Waals surface area contributed by atoms with Crippen LogP contribution in [0.3, 0.4) is 0 Å². The van der Waals surface area contributed by atoms with Gasteiger partial charge in [-0.2, -0.15) is 0 Å². The third kappa shape index (κ3) is 2.16. The van der Waals surface area contributed by atoms with E-state index in [4.69, 9.17) is 11.5 Å². The van der Waals surface area contributed by atoms with Crippen molar-refractivity contribution in [1.82, 2.24) is 0 Å². The largest absolute Gasteiger partial charge is 0.388 e. The van der Waals surface area contributed by atoms with Crippen LogP contribution in [0, 0.1) is 0 Å². The highest BCUT2D eigenvalue weighted by Crippen LogP contribution is 2.16. The SMILES string of the molecule is CNc1cccc(N=C(N)N)c1. The van der Waals surface area contributed by atoms with Gasteiger partial charge in [0.1, 0.15) is 0 Å². The van der Waals surface area contributed by atoms with Crippen molar-refractivity contribution in [3.05, 3.63) is 24.3 Å². The molecule has 64 valence electrons. The van der Waals surface area contributed by atoms with Crippen LogP contribution in [0.15, 0.2) is 29.3 Å². The summed E-state index contributed by atoms with van der Waals surface area (Å²) in [5, 5.41) is 2.99. The molecule has 0 saturated heterocycles. The van der Waals surface area contributed by atoms with Gasteiger partial charge in [-0.1, -0.05) is 6.07 Å². The molecule has 0 atom stereocenters. The minimum Gasteiger partial charge on any atom is -0.388 e. The molecule has 5 N–H and O–H groups in total. The Morgan fingerprint density at radius 1 is 1.42 bits per heavy atom. The maximum atomic E-state index is 5.22. The van der Waals surface area contributed by atoms with E-state index in [9.17, 15) is 0 Å². The van der Waals surface area contributed by atoms with E-state index in [1.165, 1.54) is 0 Å². The van der Waals surface area contributed by atoms with Crippen molar-refractivity contribution in [3.63, 3.8) is 0 Å². The second-order valence-electron chi connectivity index (χ2n) is 2.34. The highest BCUT2D eigenvalue weighted by atomic mass is 15.0. The number of nitrogens with zero attached hydrogens (tertiary/aromatic N) is 1. The van der Waals surface area contributed by atoms with Gasteiger partial charge in [-0.05, 0) is 18.2 Å². The normalized spacial score (nSPS) is 9.08. The number of anilines is 1. The molecule has 0 bridgehead atoms. The minimum atomic E-state index is 0.0725. The summed E-state index contributed by atoms with van der Waals surface area (Å²) in [7, 11) is 1.84. The molecule has 4 nitrogen and oxygen atoms in total. The van der Waals surface area contributed by atoms with Crippen molar-refractivity contribution < 1.29 is 0 Å². The number of guanidine groups is 1. The molecule has 1 aromatic rings. The molecule has 4 heteroatoms. The van der Waals surface area contributed by atoms with Crippen LogP contribution in [0.2, 0.25) is 0 Å². The Labute approximate surface area is 71.3 Å². The predicted molar refractivity (Wildman–Crippen MR) is 51.5 cm³/mol. The van der Waals surface area contributed by atoms with Crippen molar-refractivity contribution in [2.24, 2.45) is 16.5 Å². The Kier molecular flexibility index (Phi) is 2.53. The molecule has 0 aliphatic rings. The lowest BCUT2D eigenvalue weighted by molar-refractivity contribution is 1.41. The summed E-state index contributed by atoms with van der Waals surface area (Å²) in [5.74, 6) is 0.0725. The molecule has 0 aliphatic carbocycles. The van der Waals surface area contributed by atoms with Crippen LogP contribution >= 0.6 is 0 Å². The first-order valence-corrected chi connectivity index (χ1v) is 3.60. The van der Waals surface area contributed by atoms with Crippen LogP contribution in [-0.4, -0.2) is 13.0 Å². The van der Waals surface area contributed by atoms with E-state index >= 15 is 0 Å². The van der Waals surface area contributed by atoms with Gasteiger partial charge in [0.15, 0.2) is 5.96 Å². The molecule has 0 unspecified atom stereocenters. The maximum absolute atomic E-state index is 5.22. The molecule has 0 heterocycles. The Bertz CT molecular complexity index is 289. The molecule has 0 amide bonds. The van der Waals surface area contributed by atoms with Crippen molar-refractivity contribution in [1.29, 1.82) is 0 Å². The molecule has 1 rings (SSSR count). The van der Waals surface area contributed by atoms with Crippen LogP contribution in [0.5, 0.6) is 0 Å². The fourth-order valence-electron chi connectivity index (χ4n) is 0.880. The number of hydrogen-bond donors (Lipinski definition) is 3. The van der Waals surface area contributed by atoms with E-state index in [1.807, 2.05) is 31.3 Å². The van der Waals surface area contributed by atoms with Gasteiger partial charge in [-0.15, -0.1) is 0 Å². The lowest BCUT2D eigenvalue weighted by atomic mass is 10.3. The topological polar surface area (TPSA) is 76.4 Å². The molecule has 0 spiro atoms. The monoisotopic (exact) mass is 164 g/mol. The average molecular weight is 164 g/mol. The Morgan fingerprint density at radius 3 is 2.75 bits per heavy atom. The van der Waals surface area contributed by atoms with Crippen molar-refractivity contribution in [2.75, 3.05) is 12.4 Å². The number of rotatable bonds is 2. The molecule has 12 heavy (non-hydrogen) atoms. The van der Waals surface area contributed by atoms with Gasteiger partial charge in [0, 0.05) is 12.7 Å². The van der Waals surface area contributed by atoms with Crippen LogP contribution < -0.4 is 16.8 Å². The summed E-state index contributed by atoms with van der Waals surface area (Å²) in [5.41, 5.74) is 12.2. The second-order valence-corrected chi connectivity index (χ2v) is 2.34. The zero-order valence-corrected chi connectivity index (χ0v) is 6.91. The zero-order valence-electron chi connectivity index (χ0n) is 6.91. The summed E-state index contributed by atoms with van der Waals surface area (Å²) in [4.78, 5) is 3.90. The molecule has 0 aliphatic heterocycles. The molecule has 0 aromatic heterocycles. The lowest BCUT2D eigenvalue weighted by Crippen LogP contribution is -2.21. The standard InChI is InChI=1S/C8H12N4/c1-11-6-3-2-4-7(5-6)12-8(9)10/h2-5,11H,1H3,(H4,9,10,12). The van der Waals surface area contributed by atoms with Gasteiger partial charge in [-0.3, -0.25) is 0 Å². The Balaban J connectivity index is 2.94. The van der Waals surface area contributed by atoms with Gasteiger partial charge in [0.2, 0.25) is 0 Å². The Hall–Kier alpha value is -1.71. The fraction of sp³-hybridized carbons (Fsp3) is 0.125. The average Bonchev–Trinajstić information content (AvgIpc) is 2.03. The third-order valence-electron chi connectivity index (χ3n) is 1.39. The molecule has 1 aromatic carbocycles. The molecule has 0 saturated carbocycles. The first-order chi connectivity index (χ1) is 5.72. The van der Waals surface area contributed by atoms with Gasteiger partial charge >= 0.3 is 0 Å². The number of aliphatic imine (C=N–C) groups is 1. The van der Waals surface area contributed by atoms with Crippen LogP contribution in [-0.2, 0) is 0 Å². The number of hydrogen-bond acceptors (Lipinski definition) is 2. The van der Waals surface area contributed by atoms with Crippen LogP contribution in [0.1, 0.15) is 0 Å². The zero-order chi connectivity index (χ0) is 8.97. The first-order valence-electron chi connectivity index (χ1n) is 3.60. The van der Waals surface area contributed by atoms with E-state index in [0.717, 1.165) is 11.4 Å². The molecular weight excluding hydrogens is 152 g/mol. The lowest BCUT2D eigenvalue weighted by Gasteiger charge is -2.00. The molecule has 0 radical (unpaired) electrons.